The molecule has 94 valence electrons. The second kappa shape index (κ2) is 5.65. The fourth-order valence-corrected chi connectivity index (χ4v) is 1.98. The molecule has 0 amide bonds. The standard InChI is InChI=1S/C12H17ClN2O2/c1-8-9(2)12(15-14-11(8)13)17-7-10-5-3-4-6-16-10/h10H,3-7H2,1-2H3. The van der Waals surface area contributed by atoms with Gasteiger partial charge in [0, 0.05) is 12.2 Å². The minimum atomic E-state index is 0.181. The van der Waals surface area contributed by atoms with Crippen LogP contribution in [0.15, 0.2) is 0 Å². The van der Waals surface area contributed by atoms with Gasteiger partial charge < -0.3 is 9.47 Å². The molecule has 1 aromatic rings. The summed E-state index contributed by atoms with van der Waals surface area (Å²) in [4.78, 5) is 0. The molecule has 0 bridgehead atoms. The first-order valence-corrected chi connectivity index (χ1v) is 6.30. The zero-order valence-corrected chi connectivity index (χ0v) is 11.0. The van der Waals surface area contributed by atoms with Gasteiger partial charge in [-0.25, -0.2) is 0 Å². The molecular formula is C12H17ClN2O2. The van der Waals surface area contributed by atoms with Gasteiger partial charge in [-0.15, -0.1) is 10.2 Å². The van der Waals surface area contributed by atoms with Crippen molar-refractivity contribution in [2.75, 3.05) is 13.2 Å². The van der Waals surface area contributed by atoms with Gasteiger partial charge in [-0.3, -0.25) is 0 Å². The summed E-state index contributed by atoms with van der Waals surface area (Å²) in [5.41, 5.74) is 1.86. The largest absolute Gasteiger partial charge is 0.474 e. The molecule has 1 fully saturated rings. The van der Waals surface area contributed by atoms with Gasteiger partial charge in [-0.05, 0) is 38.7 Å². The fourth-order valence-electron chi connectivity index (χ4n) is 1.80. The van der Waals surface area contributed by atoms with E-state index >= 15 is 0 Å². The smallest absolute Gasteiger partial charge is 0.236 e. The van der Waals surface area contributed by atoms with Crippen molar-refractivity contribution in [3.8, 4) is 5.88 Å². The maximum absolute atomic E-state index is 5.88. The van der Waals surface area contributed by atoms with Crippen molar-refractivity contribution in [2.45, 2.75) is 39.2 Å². The highest BCUT2D eigenvalue weighted by molar-refractivity contribution is 6.30. The van der Waals surface area contributed by atoms with Crippen LogP contribution in [0.25, 0.3) is 0 Å². The number of ether oxygens (including phenoxy) is 2. The minimum Gasteiger partial charge on any atom is -0.474 e. The fraction of sp³-hybridized carbons (Fsp3) is 0.667. The first-order chi connectivity index (χ1) is 8.18. The van der Waals surface area contributed by atoms with Crippen LogP contribution in [0.1, 0.15) is 30.4 Å². The molecule has 0 aliphatic carbocycles. The Balaban J connectivity index is 1.96. The number of nitrogens with zero attached hydrogens (tertiary/aromatic N) is 2. The van der Waals surface area contributed by atoms with E-state index in [9.17, 15) is 0 Å². The van der Waals surface area contributed by atoms with Gasteiger partial charge in [0.15, 0.2) is 5.15 Å². The van der Waals surface area contributed by atoms with Gasteiger partial charge in [0.2, 0.25) is 5.88 Å². The highest BCUT2D eigenvalue weighted by atomic mass is 35.5. The van der Waals surface area contributed by atoms with Crippen molar-refractivity contribution in [1.82, 2.24) is 10.2 Å². The van der Waals surface area contributed by atoms with Crippen molar-refractivity contribution in [3.63, 3.8) is 0 Å². The van der Waals surface area contributed by atoms with E-state index in [0.717, 1.165) is 30.6 Å². The average molecular weight is 257 g/mol. The lowest BCUT2D eigenvalue weighted by molar-refractivity contribution is -0.0122. The van der Waals surface area contributed by atoms with E-state index in [1.54, 1.807) is 0 Å². The summed E-state index contributed by atoms with van der Waals surface area (Å²) in [6.07, 6.45) is 3.59. The van der Waals surface area contributed by atoms with E-state index < -0.39 is 0 Å². The summed E-state index contributed by atoms with van der Waals surface area (Å²) in [6.45, 7) is 5.22. The summed E-state index contributed by atoms with van der Waals surface area (Å²) in [6, 6.07) is 0. The van der Waals surface area contributed by atoms with E-state index in [1.807, 2.05) is 13.8 Å². The second-order valence-corrected chi connectivity index (χ2v) is 4.70. The Kier molecular flexibility index (Phi) is 4.18. The Labute approximate surface area is 106 Å². The third kappa shape index (κ3) is 3.07. The lowest BCUT2D eigenvalue weighted by Gasteiger charge is -2.22. The van der Waals surface area contributed by atoms with Crippen LogP contribution in [0.2, 0.25) is 5.15 Å². The third-order valence-corrected chi connectivity index (χ3v) is 3.46. The van der Waals surface area contributed by atoms with Crippen molar-refractivity contribution in [2.24, 2.45) is 0 Å². The molecule has 2 rings (SSSR count). The van der Waals surface area contributed by atoms with Crippen LogP contribution in [0, 0.1) is 13.8 Å². The number of hydrogen-bond acceptors (Lipinski definition) is 4. The van der Waals surface area contributed by atoms with Crippen molar-refractivity contribution in [3.05, 3.63) is 16.3 Å². The molecule has 1 saturated heterocycles. The Morgan fingerprint density at radius 1 is 1.29 bits per heavy atom. The Morgan fingerprint density at radius 2 is 2.12 bits per heavy atom. The Bertz CT molecular complexity index is 392. The van der Waals surface area contributed by atoms with E-state index in [-0.39, 0.29) is 6.10 Å². The van der Waals surface area contributed by atoms with E-state index in [4.69, 9.17) is 21.1 Å². The Hall–Kier alpha value is -0.870. The van der Waals surface area contributed by atoms with Gasteiger partial charge in [0.05, 0.1) is 6.10 Å². The maximum atomic E-state index is 5.88. The molecule has 0 spiro atoms. The lowest BCUT2D eigenvalue weighted by Crippen LogP contribution is -2.26. The van der Waals surface area contributed by atoms with Crippen LogP contribution < -0.4 is 4.74 Å². The summed E-state index contributed by atoms with van der Waals surface area (Å²) in [5, 5.41) is 8.25. The summed E-state index contributed by atoms with van der Waals surface area (Å²) in [5.74, 6) is 0.557. The van der Waals surface area contributed by atoms with Crippen molar-refractivity contribution < 1.29 is 9.47 Å². The lowest BCUT2D eigenvalue weighted by atomic mass is 10.1. The molecule has 17 heavy (non-hydrogen) atoms. The van der Waals surface area contributed by atoms with E-state index in [2.05, 4.69) is 10.2 Å². The molecule has 0 radical (unpaired) electrons. The summed E-state index contributed by atoms with van der Waals surface area (Å²) in [7, 11) is 0. The third-order valence-electron chi connectivity index (χ3n) is 3.10. The van der Waals surface area contributed by atoms with Crippen molar-refractivity contribution >= 4 is 11.6 Å². The average Bonchev–Trinajstić information content (AvgIpc) is 2.36. The zero-order valence-electron chi connectivity index (χ0n) is 10.2. The first kappa shape index (κ1) is 12.6. The van der Waals surface area contributed by atoms with Gasteiger partial charge in [-0.1, -0.05) is 11.6 Å². The van der Waals surface area contributed by atoms with Gasteiger partial charge in [0.25, 0.3) is 0 Å². The van der Waals surface area contributed by atoms with Crippen LogP contribution in [-0.2, 0) is 4.74 Å². The molecule has 1 aliphatic rings. The highest BCUT2D eigenvalue weighted by Gasteiger charge is 2.16. The van der Waals surface area contributed by atoms with Gasteiger partial charge >= 0.3 is 0 Å². The van der Waals surface area contributed by atoms with E-state index in [0.29, 0.717) is 17.6 Å². The number of rotatable bonds is 3. The number of halogens is 1. The second-order valence-electron chi connectivity index (χ2n) is 4.35. The Morgan fingerprint density at radius 3 is 2.82 bits per heavy atom. The molecule has 4 nitrogen and oxygen atoms in total. The quantitative estimate of drug-likeness (QED) is 0.834. The maximum Gasteiger partial charge on any atom is 0.236 e. The molecule has 5 heteroatoms. The number of hydrogen-bond donors (Lipinski definition) is 0. The highest BCUT2D eigenvalue weighted by Crippen LogP contribution is 2.23. The topological polar surface area (TPSA) is 44.2 Å². The first-order valence-electron chi connectivity index (χ1n) is 5.92. The monoisotopic (exact) mass is 256 g/mol. The van der Waals surface area contributed by atoms with Crippen LogP contribution in [0.4, 0.5) is 0 Å². The van der Waals surface area contributed by atoms with Gasteiger partial charge in [-0.2, -0.15) is 0 Å². The number of aromatic nitrogens is 2. The molecular weight excluding hydrogens is 240 g/mol. The minimum absolute atomic E-state index is 0.181. The predicted molar refractivity (Wildman–Crippen MR) is 65.6 cm³/mol. The zero-order chi connectivity index (χ0) is 12.3. The predicted octanol–water partition coefficient (Wildman–Crippen LogP) is 2.69. The van der Waals surface area contributed by atoms with Crippen LogP contribution in [-0.4, -0.2) is 29.5 Å². The van der Waals surface area contributed by atoms with E-state index in [1.165, 1.54) is 6.42 Å². The molecule has 0 N–H and O–H groups in total. The molecule has 0 saturated carbocycles. The molecule has 2 heterocycles. The molecule has 1 unspecified atom stereocenters. The van der Waals surface area contributed by atoms with Crippen LogP contribution in [0.5, 0.6) is 5.88 Å². The normalized spacial score (nSPS) is 20.3. The molecule has 0 aromatic carbocycles. The molecule has 1 aromatic heterocycles. The van der Waals surface area contributed by atoms with Crippen molar-refractivity contribution in [1.29, 1.82) is 0 Å². The summed E-state index contributed by atoms with van der Waals surface area (Å²) < 4.78 is 11.2. The molecule has 1 aliphatic heterocycles. The SMILES string of the molecule is Cc1c(Cl)nnc(OCC2CCCCO2)c1C. The molecule has 1 atom stereocenters. The van der Waals surface area contributed by atoms with Gasteiger partial charge in [0.1, 0.15) is 6.61 Å². The van der Waals surface area contributed by atoms with Crippen LogP contribution >= 0.6 is 11.6 Å². The summed E-state index contributed by atoms with van der Waals surface area (Å²) >= 11 is 5.88. The van der Waals surface area contributed by atoms with Crippen LogP contribution in [0.3, 0.4) is 0 Å².